The van der Waals surface area contributed by atoms with E-state index in [1.54, 1.807) is 30.6 Å². The van der Waals surface area contributed by atoms with E-state index in [-0.39, 0.29) is 7.43 Å². The van der Waals surface area contributed by atoms with Crippen molar-refractivity contribution in [3.05, 3.63) is 79.6 Å². The second-order valence-corrected chi connectivity index (χ2v) is 7.35. The minimum Gasteiger partial charge on any atom is -0.256 e. The molecule has 0 spiro atoms. The number of nitrogens with zero attached hydrogens (tertiary/aromatic N) is 2. The van der Waals surface area contributed by atoms with Crippen LogP contribution in [-0.2, 0) is 0 Å². The van der Waals surface area contributed by atoms with Gasteiger partial charge < -0.3 is 0 Å². The lowest BCUT2D eigenvalue weighted by atomic mass is 10.2. The SMILES string of the molecule is C.Clc1ccc2c(Cl)ccnc2c1.Clc1ccc2c(I)ccnc2c1. The summed E-state index contributed by atoms with van der Waals surface area (Å²) in [6.45, 7) is 0. The first-order valence-corrected chi connectivity index (χ1v) is 9.15. The molecule has 0 aliphatic rings. The topological polar surface area (TPSA) is 25.8 Å². The summed E-state index contributed by atoms with van der Waals surface area (Å²) in [4.78, 5) is 8.35. The van der Waals surface area contributed by atoms with Crippen LogP contribution >= 0.6 is 57.4 Å². The van der Waals surface area contributed by atoms with Crippen LogP contribution in [0.3, 0.4) is 0 Å². The quantitative estimate of drug-likeness (QED) is 0.230. The molecule has 128 valence electrons. The Morgan fingerprint density at radius 1 is 0.680 bits per heavy atom. The van der Waals surface area contributed by atoms with Crippen molar-refractivity contribution in [3.63, 3.8) is 0 Å². The number of halogens is 4. The van der Waals surface area contributed by atoms with E-state index in [4.69, 9.17) is 34.8 Å². The molecule has 0 unspecified atom stereocenters. The molecule has 4 aromatic rings. The van der Waals surface area contributed by atoms with Gasteiger partial charge in [0.25, 0.3) is 0 Å². The number of pyridine rings is 2. The Balaban J connectivity index is 0.000000173. The molecule has 0 aliphatic heterocycles. The standard InChI is InChI=1S/C9H5Cl2N.C9H5ClIN.CH4/c2*10-6-1-2-7-8(11)3-4-12-9(7)5-6;/h2*1-5H;1H4. The number of fused-ring (bicyclic) bond motifs is 2. The molecule has 6 heteroatoms. The molecule has 0 atom stereocenters. The largest absolute Gasteiger partial charge is 0.256 e. The zero-order valence-corrected chi connectivity index (χ0v) is 16.6. The summed E-state index contributed by atoms with van der Waals surface area (Å²) in [6, 6.07) is 15.0. The summed E-state index contributed by atoms with van der Waals surface area (Å²) in [6.07, 6.45) is 3.46. The highest BCUT2D eigenvalue weighted by atomic mass is 127. The molecule has 0 N–H and O–H groups in total. The maximum Gasteiger partial charge on any atom is 0.0731 e. The normalized spacial score (nSPS) is 10.1. The lowest BCUT2D eigenvalue weighted by molar-refractivity contribution is 1.40. The molecule has 0 saturated carbocycles. The molecule has 2 heterocycles. The minimum absolute atomic E-state index is 0. The lowest BCUT2D eigenvalue weighted by Crippen LogP contribution is -1.80. The summed E-state index contributed by atoms with van der Waals surface area (Å²) < 4.78 is 1.20. The van der Waals surface area contributed by atoms with E-state index in [0.717, 1.165) is 26.8 Å². The van der Waals surface area contributed by atoms with Crippen LogP contribution in [0.25, 0.3) is 21.8 Å². The van der Waals surface area contributed by atoms with Gasteiger partial charge in [-0.3, -0.25) is 9.97 Å². The molecule has 0 aliphatic carbocycles. The Morgan fingerprint density at radius 3 is 1.84 bits per heavy atom. The Morgan fingerprint density at radius 2 is 1.20 bits per heavy atom. The zero-order chi connectivity index (χ0) is 17.1. The average Bonchev–Trinajstić information content (AvgIpc) is 2.55. The third kappa shape index (κ3) is 4.94. The summed E-state index contributed by atoms with van der Waals surface area (Å²) in [7, 11) is 0. The van der Waals surface area contributed by atoms with Crippen molar-refractivity contribution < 1.29 is 0 Å². The van der Waals surface area contributed by atoms with Crippen LogP contribution in [0.5, 0.6) is 0 Å². The van der Waals surface area contributed by atoms with Crippen LogP contribution in [0.1, 0.15) is 7.43 Å². The highest BCUT2D eigenvalue weighted by Crippen LogP contribution is 2.24. The smallest absolute Gasteiger partial charge is 0.0731 e. The van der Waals surface area contributed by atoms with Gasteiger partial charge in [-0.05, 0) is 65.1 Å². The highest BCUT2D eigenvalue weighted by molar-refractivity contribution is 14.1. The van der Waals surface area contributed by atoms with Crippen molar-refractivity contribution in [2.75, 3.05) is 0 Å². The van der Waals surface area contributed by atoms with Gasteiger partial charge in [0.05, 0.1) is 16.1 Å². The Bertz CT molecular complexity index is 938. The van der Waals surface area contributed by atoms with Gasteiger partial charge in [0.1, 0.15) is 0 Å². The number of benzene rings is 2. The second kappa shape index (κ2) is 8.99. The molecular weight excluding hydrogens is 489 g/mol. The van der Waals surface area contributed by atoms with Crippen LogP contribution in [0.2, 0.25) is 15.1 Å². The van der Waals surface area contributed by atoms with Gasteiger partial charge in [-0.2, -0.15) is 0 Å². The van der Waals surface area contributed by atoms with E-state index in [1.807, 2.05) is 30.3 Å². The van der Waals surface area contributed by atoms with E-state index in [1.165, 1.54) is 3.57 Å². The van der Waals surface area contributed by atoms with Crippen LogP contribution in [-0.4, -0.2) is 9.97 Å². The minimum atomic E-state index is 0. The van der Waals surface area contributed by atoms with Crippen molar-refractivity contribution in [2.45, 2.75) is 7.43 Å². The van der Waals surface area contributed by atoms with Gasteiger partial charge in [0, 0.05) is 36.8 Å². The van der Waals surface area contributed by atoms with Crippen molar-refractivity contribution in [2.24, 2.45) is 0 Å². The van der Waals surface area contributed by atoms with Gasteiger partial charge in [-0.1, -0.05) is 48.3 Å². The van der Waals surface area contributed by atoms with Gasteiger partial charge in [-0.15, -0.1) is 0 Å². The molecule has 0 fully saturated rings. The summed E-state index contributed by atoms with van der Waals surface area (Å²) >= 11 is 19.8. The third-order valence-corrected chi connectivity index (χ3v) is 5.04. The molecule has 2 aromatic carbocycles. The van der Waals surface area contributed by atoms with Crippen molar-refractivity contribution in [1.82, 2.24) is 9.97 Å². The van der Waals surface area contributed by atoms with Crippen LogP contribution in [0.4, 0.5) is 0 Å². The fourth-order valence-electron chi connectivity index (χ4n) is 2.17. The Kier molecular flexibility index (Phi) is 7.25. The Labute approximate surface area is 175 Å². The Hall–Kier alpha value is -1.14. The molecule has 0 saturated heterocycles. The molecule has 25 heavy (non-hydrogen) atoms. The first-order chi connectivity index (χ1) is 11.5. The van der Waals surface area contributed by atoms with Gasteiger partial charge in [-0.25, -0.2) is 0 Å². The summed E-state index contributed by atoms with van der Waals surface area (Å²) in [5.41, 5.74) is 1.78. The van der Waals surface area contributed by atoms with Crippen LogP contribution in [0.15, 0.2) is 60.9 Å². The van der Waals surface area contributed by atoms with E-state index in [2.05, 4.69) is 32.6 Å². The van der Waals surface area contributed by atoms with Crippen molar-refractivity contribution in [1.29, 1.82) is 0 Å². The molecule has 2 nitrogen and oxygen atoms in total. The van der Waals surface area contributed by atoms with Crippen LogP contribution in [0, 0.1) is 3.57 Å². The molecule has 2 aromatic heterocycles. The van der Waals surface area contributed by atoms with Gasteiger partial charge in [0.15, 0.2) is 0 Å². The highest BCUT2D eigenvalue weighted by Gasteiger charge is 1.99. The second-order valence-electron chi connectivity index (χ2n) is 4.91. The maximum atomic E-state index is 5.93. The predicted octanol–water partition coefficient (Wildman–Crippen LogP) is 7.67. The monoisotopic (exact) mass is 502 g/mol. The maximum absolute atomic E-state index is 5.93. The third-order valence-electron chi connectivity index (χ3n) is 3.30. The predicted molar refractivity (Wildman–Crippen MR) is 118 cm³/mol. The van der Waals surface area contributed by atoms with Crippen molar-refractivity contribution >= 4 is 79.2 Å². The molecule has 0 bridgehead atoms. The fourth-order valence-corrected chi connectivity index (χ4v) is 3.34. The number of hydrogen-bond donors (Lipinski definition) is 0. The van der Waals surface area contributed by atoms with E-state index >= 15 is 0 Å². The van der Waals surface area contributed by atoms with Gasteiger partial charge in [0.2, 0.25) is 0 Å². The summed E-state index contributed by atoms with van der Waals surface area (Å²) in [5, 5.41) is 4.21. The van der Waals surface area contributed by atoms with Gasteiger partial charge >= 0.3 is 0 Å². The molecular formula is C19H14Cl3IN2. The van der Waals surface area contributed by atoms with Crippen molar-refractivity contribution in [3.8, 4) is 0 Å². The summed E-state index contributed by atoms with van der Waals surface area (Å²) in [5.74, 6) is 0. The number of hydrogen-bond acceptors (Lipinski definition) is 2. The zero-order valence-electron chi connectivity index (χ0n) is 12.2. The van der Waals surface area contributed by atoms with Crippen LogP contribution < -0.4 is 0 Å². The van der Waals surface area contributed by atoms with E-state index in [9.17, 15) is 0 Å². The lowest BCUT2D eigenvalue weighted by Gasteiger charge is -1.98. The number of aromatic nitrogens is 2. The molecule has 0 radical (unpaired) electrons. The average molecular weight is 504 g/mol. The fraction of sp³-hybridized carbons (Fsp3) is 0.0526. The molecule has 0 amide bonds. The first kappa shape index (κ1) is 20.2. The van der Waals surface area contributed by atoms with E-state index in [0.29, 0.717) is 10.0 Å². The first-order valence-electron chi connectivity index (χ1n) is 6.94. The van der Waals surface area contributed by atoms with E-state index < -0.39 is 0 Å². The molecule has 4 rings (SSSR count). The number of rotatable bonds is 0.